The zero-order valence-corrected chi connectivity index (χ0v) is 18.5. The van der Waals surface area contributed by atoms with Crippen molar-refractivity contribution in [3.05, 3.63) is 105 Å². The first-order valence-corrected chi connectivity index (χ1v) is 10.5. The lowest BCUT2D eigenvalue weighted by Crippen LogP contribution is -2.31. The summed E-state index contributed by atoms with van der Waals surface area (Å²) in [6.07, 6.45) is 0.242. The molecule has 0 fully saturated rings. The molecule has 0 aliphatic heterocycles. The summed E-state index contributed by atoms with van der Waals surface area (Å²) in [4.78, 5) is 32.3. The molecule has 4 aromatic rings. The molecule has 0 saturated carbocycles. The van der Waals surface area contributed by atoms with Gasteiger partial charge in [0.2, 0.25) is 0 Å². The zero-order valence-electron chi connectivity index (χ0n) is 18.5. The number of carbonyl (C=O) groups excluding carboxylic acids is 1. The van der Waals surface area contributed by atoms with Crippen LogP contribution in [0.4, 0.5) is 4.39 Å². The fraction of sp³-hybridized carbons (Fsp3) is 0.200. The molecule has 0 saturated heterocycles. The number of carbonyl (C=O) groups is 1. The molecule has 0 aliphatic rings. The summed E-state index contributed by atoms with van der Waals surface area (Å²) in [5, 5.41) is 7.08. The Kier molecular flexibility index (Phi) is 6.17. The lowest BCUT2D eigenvalue weighted by Gasteiger charge is -2.19. The average Bonchev–Trinajstić information content (AvgIpc) is 3.15. The Hall–Kier alpha value is -4.07. The number of aromatic nitrogens is 3. The number of hydrogen-bond acceptors (Lipinski definition) is 5. The second kappa shape index (κ2) is 9.20. The molecule has 8 heteroatoms. The van der Waals surface area contributed by atoms with Crippen LogP contribution in [0, 0.1) is 26.6 Å². The Morgan fingerprint density at radius 3 is 2.45 bits per heavy atom. The van der Waals surface area contributed by atoms with Gasteiger partial charge in [0.1, 0.15) is 28.7 Å². The number of rotatable bonds is 6. The van der Waals surface area contributed by atoms with Crippen LogP contribution in [0.5, 0.6) is 0 Å². The highest BCUT2D eigenvalue weighted by atomic mass is 19.1. The molecule has 4 rings (SSSR count). The van der Waals surface area contributed by atoms with Crippen LogP contribution in [0.25, 0.3) is 11.3 Å². The first kappa shape index (κ1) is 22.1. The monoisotopic (exact) mass is 446 g/mol. The molecule has 0 unspecified atom stereocenters. The molecule has 33 heavy (non-hydrogen) atoms. The summed E-state index contributed by atoms with van der Waals surface area (Å²) in [6.45, 7) is 5.34. The molecular formula is C25H23FN4O3. The first-order valence-electron chi connectivity index (χ1n) is 10.5. The summed E-state index contributed by atoms with van der Waals surface area (Å²) in [6, 6.07) is 14.3. The SMILES string of the molecule is Cc1ccc(-c2noc(C)c2C(=O)N[C@H](Cc2cc(=O)[nH]c(C)n2)c2ccc(F)cc2)cc1. The smallest absolute Gasteiger partial charge is 0.257 e. The highest BCUT2D eigenvalue weighted by Crippen LogP contribution is 2.27. The van der Waals surface area contributed by atoms with E-state index in [9.17, 15) is 14.0 Å². The molecule has 1 amide bonds. The Morgan fingerprint density at radius 1 is 1.09 bits per heavy atom. The van der Waals surface area contributed by atoms with Crippen molar-refractivity contribution in [3.63, 3.8) is 0 Å². The van der Waals surface area contributed by atoms with E-state index in [-0.39, 0.29) is 23.7 Å². The van der Waals surface area contributed by atoms with Gasteiger partial charge in [0.15, 0.2) is 0 Å². The fourth-order valence-electron chi connectivity index (χ4n) is 3.68. The number of benzene rings is 2. The van der Waals surface area contributed by atoms with E-state index in [0.717, 1.165) is 11.1 Å². The molecule has 1 atom stereocenters. The number of hydrogen-bond donors (Lipinski definition) is 2. The van der Waals surface area contributed by atoms with Crippen LogP contribution >= 0.6 is 0 Å². The van der Waals surface area contributed by atoms with Gasteiger partial charge in [-0.2, -0.15) is 0 Å². The third-order valence-electron chi connectivity index (χ3n) is 5.32. The maximum atomic E-state index is 13.5. The highest BCUT2D eigenvalue weighted by Gasteiger charge is 2.25. The molecule has 2 N–H and O–H groups in total. The number of nitrogens with zero attached hydrogens (tertiary/aromatic N) is 2. The van der Waals surface area contributed by atoms with E-state index >= 15 is 0 Å². The van der Waals surface area contributed by atoms with Gasteiger partial charge in [-0.3, -0.25) is 9.59 Å². The van der Waals surface area contributed by atoms with Gasteiger partial charge in [-0.05, 0) is 38.5 Å². The number of amides is 1. The second-order valence-electron chi connectivity index (χ2n) is 7.93. The van der Waals surface area contributed by atoms with Crippen LogP contribution in [0.15, 0.2) is 63.9 Å². The molecule has 7 nitrogen and oxygen atoms in total. The summed E-state index contributed by atoms with van der Waals surface area (Å²) >= 11 is 0. The predicted octanol–water partition coefficient (Wildman–Crippen LogP) is 4.20. The third kappa shape index (κ3) is 5.06. The Bertz CT molecular complexity index is 1340. The summed E-state index contributed by atoms with van der Waals surface area (Å²) in [5.74, 6) is 0.0787. The van der Waals surface area contributed by atoms with E-state index < -0.39 is 6.04 Å². The van der Waals surface area contributed by atoms with Crippen LogP contribution in [-0.2, 0) is 6.42 Å². The number of halogens is 1. The quantitative estimate of drug-likeness (QED) is 0.462. The Labute approximate surface area is 189 Å². The van der Waals surface area contributed by atoms with Gasteiger partial charge in [0.05, 0.1) is 11.7 Å². The average molecular weight is 446 g/mol. The van der Waals surface area contributed by atoms with Gasteiger partial charge in [-0.1, -0.05) is 47.1 Å². The molecule has 0 radical (unpaired) electrons. The van der Waals surface area contributed by atoms with Crippen LogP contribution in [0.1, 0.15) is 44.8 Å². The minimum Gasteiger partial charge on any atom is -0.360 e. The largest absolute Gasteiger partial charge is 0.360 e. The standard InChI is InChI=1S/C25H23FN4O3/c1-14-4-6-18(7-5-14)24-23(15(2)33-30-24)25(32)29-21(17-8-10-19(26)11-9-17)12-20-13-22(31)28-16(3)27-20/h4-11,13,21H,12H2,1-3H3,(H,29,32)(H,27,28,31)/t21-/m1/s1. The van der Waals surface area contributed by atoms with E-state index in [1.807, 2.05) is 31.2 Å². The number of H-pyrrole nitrogens is 1. The fourth-order valence-corrected chi connectivity index (χ4v) is 3.68. The molecule has 0 aliphatic carbocycles. The van der Waals surface area contributed by atoms with E-state index in [4.69, 9.17) is 4.52 Å². The second-order valence-corrected chi connectivity index (χ2v) is 7.93. The molecule has 2 heterocycles. The van der Waals surface area contributed by atoms with Gasteiger partial charge in [0, 0.05) is 18.1 Å². The first-order chi connectivity index (χ1) is 15.8. The lowest BCUT2D eigenvalue weighted by atomic mass is 9.99. The summed E-state index contributed by atoms with van der Waals surface area (Å²) in [5.41, 5.74) is 3.50. The predicted molar refractivity (Wildman–Crippen MR) is 121 cm³/mol. The normalized spacial score (nSPS) is 11.9. The van der Waals surface area contributed by atoms with E-state index in [0.29, 0.717) is 34.1 Å². The highest BCUT2D eigenvalue weighted by molar-refractivity contribution is 6.01. The van der Waals surface area contributed by atoms with E-state index in [1.165, 1.54) is 18.2 Å². The van der Waals surface area contributed by atoms with Gasteiger partial charge < -0.3 is 14.8 Å². The number of aromatic amines is 1. The maximum Gasteiger partial charge on any atom is 0.257 e. The van der Waals surface area contributed by atoms with Crippen LogP contribution in [0.3, 0.4) is 0 Å². The number of aryl methyl sites for hydroxylation is 3. The van der Waals surface area contributed by atoms with Crippen molar-refractivity contribution in [1.82, 2.24) is 20.4 Å². The molecule has 2 aromatic carbocycles. The topological polar surface area (TPSA) is 101 Å². The lowest BCUT2D eigenvalue weighted by molar-refractivity contribution is 0.0935. The van der Waals surface area contributed by atoms with E-state index in [2.05, 4.69) is 20.4 Å². The Balaban J connectivity index is 1.68. The minimum absolute atomic E-state index is 0.242. The van der Waals surface area contributed by atoms with Crippen LogP contribution in [0.2, 0.25) is 0 Å². The van der Waals surface area contributed by atoms with Crippen molar-refractivity contribution in [2.24, 2.45) is 0 Å². The van der Waals surface area contributed by atoms with Gasteiger partial charge in [-0.15, -0.1) is 0 Å². The molecule has 0 bridgehead atoms. The van der Waals surface area contributed by atoms with Crippen molar-refractivity contribution in [2.45, 2.75) is 33.2 Å². The van der Waals surface area contributed by atoms with Crippen molar-refractivity contribution in [3.8, 4) is 11.3 Å². The molecule has 2 aromatic heterocycles. The van der Waals surface area contributed by atoms with Gasteiger partial charge in [0.25, 0.3) is 11.5 Å². The van der Waals surface area contributed by atoms with E-state index in [1.54, 1.807) is 26.0 Å². The minimum atomic E-state index is -0.563. The molecular weight excluding hydrogens is 423 g/mol. The van der Waals surface area contributed by atoms with Crippen LogP contribution in [-0.4, -0.2) is 21.0 Å². The summed E-state index contributed by atoms with van der Waals surface area (Å²) < 4.78 is 18.9. The van der Waals surface area contributed by atoms with Crippen molar-refractivity contribution in [2.75, 3.05) is 0 Å². The van der Waals surface area contributed by atoms with Crippen molar-refractivity contribution >= 4 is 5.91 Å². The maximum absolute atomic E-state index is 13.5. The van der Waals surface area contributed by atoms with Gasteiger partial charge in [-0.25, -0.2) is 9.37 Å². The Morgan fingerprint density at radius 2 is 1.79 bits per heavy atom. The zero-order chi connectivity index (χ0) is 23.5. The van der Waals surface area contributed by atoms with Gasteiger partial charge >= 0.3 is 0 Å². The number of nitrogens with one attached hydrogen (secondary N) is 2. The van der Waals surface area contributed by atoms with Crippen molar-refractivity contribution < 1.29 is 13.7 Å². The third-order valence-corrected chi connectivity index (χ3v) is 5.32. The molecule has 168 valence electrons. The van der Waals surface area contributed by atoms with Crippen molar-refractivity contribution in [1.29, 1.82) is 0 Å². The summed E-state index contributed by atoms with van der Waals surface area (Å²) in [7, 11) is 0. The van der Waals surface area contributed by atoms with Crippen LogP contribution < -0.4 is 10.9 Å². The molecule has 0 spiro atoms.